The zero-order valence-corrected chi connectivity index (χ0v) is 13.8. The van der Waals surface area contributed by atoms with Gasteiger partial charge < -0.3 is 9.80 Å². The SMILES string of the molecule is CC(=O)N1CCCC1c1cccnc1N(C(C)C)C(C)C. The van der Waals surface area contributed by atoms with Crippen LogP contribution in [0.4, 0.5) is 5.82 Å². The maximum Gasteiger partial charge on any atom is 0.219 e. The van der Waals surface area contributed by atoms with Gasteiger partial charge in [-0.1, -0.05) is 6.07 Å². The first kappa shape index (κ1) is 15.8. The summed E-state index contributed by atoms with van der Waals surface area (Å²) in [4.78, 5) is 20.8. The lowest BCUT2D eigenvalue weighted by atomic mass is 10.0. The van der Waals surface area contributed by atoms with Gasteiger partial charge in [-0.05, 0) is 46.6 Å². The number of nitrogens with zero attached hydrogens (tertiary/aromatic N) is 3. The molecule has 1 aliphatic rings. The van der Waals surface area contributed by atoms with E-state index in [0.29, 0.717) is 12.1 Å². The summed E-state index contributed by atoms with van der Waals surface area (Å²) >= 11 is 0. The standard InChI is InChI=1S/C17H27N3O/c1-12(2)20(13(3)4)17-15(8-6-10-18-17)16-9-7-11-19(16)14(5)21/h6,8,10,12-13,16H,7,9,11H2,1-5H3. The predicted octanol–water partition coefficient (Wildman–Crippen LogP) is 3.39. The molecule has 0 aliphatic carbocycles. The van der Waals surface area contributed by atoms with E-state index in [-0.39, 0.29) is 11.9 Å². The molecule has 1 aromatic heterocycles. The molecule has 1 amide bonds. The second kappa shape index (κ2) is 6.46. The van der Waals surface area contributed by atoms with Gasteiger partial charge in [0.15, 0.2) is 0 Å². The van der Waals surface area contributed by atoms with E-state index in [0.717, 1.165) is 25.2 Å². The van der Waals surface area contributed by atoms with Crippen LogP contribution in [0, 0.1) is 0 Å². The molecule has 0 N–H and O–H groups in total. The predicted molar refractivity (Wildman–Crippen MR) is 86.4 cm³/mol. The van der Waals surface area contributed by atoms with E-state index in [9.17, 15) is 4.79 Å². The molecule has 4 heteroatoms. The Morgan fingerprint density at radius 3 is 2.57 bits per heavy atom. The van der Waals surface area contributed by atoms with Gasteiger partial charge in [0, 0.05) is 37.3 Å². The Bertz CT molecular complexity index is 491. The fraction of sp³-hybridized carbons (Fsp3) is 0.647. The number of pyridine rings is 1. The second-order valence-electron chi connectivity index (χ2n) is 6.38. The van der Waals surface area contributed by atoms with Gasteiger partial charge in [-0.3, -0.25) is 4.79 Å². The largest absolute Gasteiger partial charge is 0.351 e. The van der Waals surface area contributed by atoms with Gasteiger partial charge in [-0.25, -0.2) is 4.98 Å². The van der Waals surface area contributed by atoms with Crippen molar-refractivity contribution in [1.29, 1.82) is 0 Å². The van der Waals surface area contributed by atoms with E-state index in [1.165, 1.54) is 5.56 Å². The smallest absolute Gasteiger partial charge is 0.219 e. The minimum absolute atomic E-state index is 0.160. The summed E-state index contributed by atoms with van der Waals surface area (Å²) in [5.41, 5.74) is 1.19. The highest BCUT2D eigenvalue weighted by molar-refractivity contribution is 5.74. The lowest BCUT2D eigenvalue weighted by molar-refractivity contribution is -0.129. The van der Waals surface area contributed by atoms with E-state index in [4.69, 9.17) is 0 Å². The first-order valence-electron chi connectivity index (χ1n) is 7.94. The molecule has 2 rings (SSSR count). The number of anilines is 1. The molecule has 1 fully saturated rings. The molecule has 0 saturated carbocycles. The number of likely N-dealkylation sites (tertiary alicyclic amines) is 1. The third-order valence-electron chi connectivity index (χ3n) is 4.19. The van der Waals surface area contributed by atoms with E-state index in [1.807, 2.05) is 17.2 Å². The fourth-order valence-electron chi connectivity index (χ4n) is 3.44. The van der Waals surface area contributed by atoms with Crippen molar-refractivity contribution in [3.63, 3.8) is 0 Å². The van der Waals surface area contributed by atoms with Crippen LogP contribution in [0.5, 0.6) is 0 Å². The van der Waals surface area contributed by atoms with Crippen LogP contribution in [0.15, 0.2) is 18.3 Å². The molecule has 1 unspecified atom stereocenters. The number of hydrogen-bond acceptors (Lipinski definition) is 3. The van der Waals surface area contributed by atoms with Crippen molar-refractivity contribution in [3.8, 4) is 0 Å². The Morgan fingerprint density at radius 1 is 1.33 bits per heavy atom. The Hall–Kier alpha value is -1.58. The summed E-state index contributed by atoms with van der Waals surface area (Å²) in [7, 11) is 0. The van der Waals surface area contributed by atoms with Crippen LogP contribution in [0.2, 0.25) is 0 Å². The Labute approximate surface area is 128 Å². The molecule has 1 aromatic rings. The maximum absolute atomic E-state index is 11.9. The van der Waals surface area contributed by atoms with Crippen molar-refractivity contribution in [2.24, 2.45) is 0 Å². The second-order valence-corrected chi connectivity index (χ2v) is 6.38. The van der Waals surface area contributed by atoms with Crippen molar-refractivity contribution < 1.29 is 4.79 Å². The van der Waals surface area contributed by atoms with Crippen LogP contribution in [0.25, 0.3) is 0 Å². The van der Waals surface area contributed by atoms with Crippen LogP contribution in [0.1, 0.15) is 59.1 Å². The fourth-order valence-corrected chi connectivity index (χ4v) is 3.44. The van der Waals surface area contributed by atoms with Crippen molar-refractivity contribution in [2.75, 3.05) is 11.4 Å². The number of rotatable bonds is 4. The molecule has 1 atom stereocenters. The van der Waals surface area contributed by atoms with Crippen molar-refractivity contribution in [3.05, 3.63) is 23.9 Å². The van der Waals surface area contributed by atoms with Crippen molar-refractivity contribution >= 4 is 11.7 Å². The summed E-state index contributed by atoms with van der Waals surface area (Å²) in [6, 6.07) is 5.04. The third-order valence-corrected chi connectivity index (χ3v) is 4.19. The molecular weight excluding hydrogens is 262 g/mol. The van der Waals surface area contributed by atoms with Gasteiger partial charge in [-0.2, -0.15) is 0 Å². The van der Waals surface area contributed by atoms with Gasteiger partial charge in [0.1, 0.15) is 5.82 Å². The molecule has 4 nitrogen and oxygen atoms in total. The number of amides is 1. The van der Waals surface area contributed by atoms with Crippen molar-refractivity contribution in [2.45, 2.75) is 65.6 Å². The highest BCUT2D eigenvalue weighted by Gasteiger charge is 2.31. The van der Waals surface area contributed by atoms with Crippen LogP contribution >= 0.6 is 0 Å². The van der Waals surface area contributed by atoms with E-state index < -0.39 is 0 Å². The molecule has 2 heterocycles. The number of hydrogen-bond donors (Lipinski definition) is 0. The summed E-state index contributed by atoms with van der Waals surface area (Å²) < 4.78 is 0. The zero-order chi connectivity index (χ0) is 15.6. The first-order valence-corrected chi connectivity index (χ1v) is 7.94. The van der Waals surface area contributed by atoms with Gasteiger partial charge in [0.05, 0.1) is 6.04 Å². The monoisotopic (exact) mass is 289 g/mol. The van der Waals surface area contributed by atoms with Crippen LogP contribution in [-0.4, -0.2) is 34.4 Å². The molecule has 1 aliphatic heterocycles. The Kier molecular flexibility index (Phi) is 4.86. The van der Waals surface area contributed by atoms with Crippen LogP contribution in [0.3, 0.4) is 0 Å². The first-order chi connectivity index (χ1) is 9.93. The molecule has 0 bridgehead atoms. The van der Waals surface area contributed by atoms with Gasteiger partial charge >= 0.3 is 0 Å². The van der Waals surface area contributed by atoms with Gasteiger partial charge in [0.2, 0.25) is 5.91 Å². The molecule has 21 heavy (non-hydrogen) atoms. The van der Waals surface area contributed by atoms with Crippen LogP contribution in [-0.2, 0) is 4.79 Å². The minimum atomic E-state index is 0.160. The Balaban J connectivity index is 2.43. The van der Waals surface area contributed by atoms with Crippen molar-refractivity contribution in [1.82, 2.24) is 9.88 Å². The molecule has 0 spiro atoms. The maximum atomic E-state index is 11.9. The number of carbonyl (C=O) groups is 1. The van der Waals surface area contributed by atoms with Gasteiger partial charge in [0.25, 0.3) is 0 Å². The highest BCUT2D eigenvalue weighted by Crippen LogP contribution is 2.37. The van der Waals surface area contributed by atoms with E-state index in [2.05, 4.69) is 43.6 Å². The molecule has 1 saturated heterocycles. The van der Waals surface area contributed by atoms with Crippen LogP contribution < -0.4 is 4.90 Å². The normalized spacial score (nSPS) is 18.6. The summed E-state index contributed by atoms with van der Waals surface area (Å²) in [5, 5.41) is 0. The van der Waals surface area contributed by atoms with Gasteiger partial charge in [-0.15, -0.1) is 0 Å². The summed E-state index contributed by atoms with van der Waals surface area (Å²) in [5.74, 6) is 1.19. The Morgan fingerprint density at radius 2 is 2.00 bits per heavy atom. The molecular formula is C17H27N3O. The highest BCUT2D eigenvalue weighted by atomic mass is 16.2. The van der Waals surface area contributed by atoms with E-state index >= 15 is 0 Å². The topological polar surface area (TPSA) is 36.4 Å². The third kappa shape index (κ3) is 3.20. The number of aromatic nitrogens is 1. The summed E-state index contributed by atoms with van der Waals surface area (Å²) in [6.07, 6.45) is 3.95. The average Bonchev–Trinajstić information content (AvgIpc) is 2.87. The number of carbonyl (C=O) groups excluding carboxylic acids is 1. The lowest BCUT2D eigenvalue weighted by Crippen LogP contribution is -2.39. The average molecular weight is 289 g/mol. The minimum Gasteiger partial charge on any atom is -0.351 e. The van der Waals surface area contributed by atoms with E-state index in [1.54, 1.807) is 6.92 Å². The molecule has 0 aromatic carbocycles. The molecule has 0 radical (unpaired) electrons. The summed E-state index contributed by atoms with van der Waals surface area (Å²) in [6.45, 7) is 11.3. The lowest BCUT2D eigenvalue weighted by Gasteiger charge is -2.35. The zero-order valence-electron chi connectivity index (χ0n) is 13.8. The quantitative estimate of drug-likeness (QED) is 0.852. The molecule has 116 valence electrons.